The van der Waals surface area contributed by atoms with Crippen LogP contribution in [0, 0.1) is 6.92 Å². The standard InChI is InChI=1S/C14H22N2O4/c1-5-6-10-11(14(19)20-4)9(3)16-12(10)13(18)15-8(2)7-17/h8,16-17H,5-7H2,1-4H3,(H,15,18). The number of rotatable bonds is 6. The topological polar surface area (TPSA) is 91.4 Å². The van der Waals surface area contributed by atoms with Gasteiger partial charge in [-0.15, -0.1) is 0 Å². The summed E-state index contributed by atoms with van der Waals surface area (Å²) in [6, 6.07) is -0.345. The van der Waals surface area contributed by atoms with E-state index in [2.05, 4.69) is 10.3 Å². The SMILES string of the molecule is CCCc1c(C(=O)NC(C)CO)[nH]c(C)c1C(=O)OC. The number of aromatic amines is 1. The maximum absolute atomic E-state index is 12.2. The Morgan fingerprint density at radius 2 is 2.10 bits per heavy atom. The van der Waals surface area contributed by atoms with Crippen LogP contribution in [-0.4, -0.2) is 41.7 Å². The Bertz CT molecular complexity index is 494. The number of nitrogens with one attached hydrogen (secondary N) is 2. The van der Waals surface area contributed by atoms with Crippen LogP contribution in [0.4, 0.5) is 0 Å². The molecule has 3 N–H and O–H groups in total. The molecule has 1 rings (SSSR count). The molecule has 1 amide bonds. The van der Waals surface area contributed by atoms with Crippen LogP contribution in [0.2, 0.25) is 0 Å². The first-order valence-corrected chi connectivity index (χ1v) is 6.67. The molecule has 0 fully saturated rings. The van der Waals surface area contributed by atoms with Crippen molar-refractivity contribution in [2.24, 2.45) is 0 Å². The van der Waals surface area contributed by atoms with E-state index in [-0.39, 0.29) is 18.6 Å². The van der Waals surface area contributed by atoms with E-state index < -0.39 is 5.97 Å². The second-order valence-electron chi connectivity index (χ2n) is 4.78. The van der Waals surface area contributed by atoms with Crippen molar-refractivity contribution in [1.82, 2.24) is 10.3 Å². The first-order valence-electron chi connectivity index (χ1n) is 6.67. The summed E-state index contributed by atoms with van der Waals surface area (Å²) in [6.07, 6.45) is 1.40. The minimum Gasteiger partial charge on any atom is -0.465 e. The first kappa shape index (κ1) is 16.2. The number of aromatic nitrogens is 1. The Morgan fingerprint density at radius 3 is 2.60 bits per heavy atom. The summed E-state index contributed by atoms with van der Waals surface area (Å²) in [5.41, 5.74) is 2.07. The lowest BCUT2D eigenvalue weighted by Crippen LogP contribution is -2.35. The number of hydrogen-bond donors (Lipinski definition) is 3. The highest BCUT2D eigenvalue weighted by molar-refractivity contribution is 6.00. The third kappa shape index (κ3) is 3.39. The van der Waals surface area contributed by atoms with Crippen molar-refractivity contribution in [1.29, 1.82) is 0 Å². The zero-order chi connectivity index (χ0) is 15.3. The monoisotopic (exact) mass is 282 g/mol. The fourth-order valence-corrected chi connectivity index (χ4v) is 2.09. The molecule has 0 radical (unpaired) electrons. The Balaban J connectivity index is 3.19. The number of esters is 1. The number of aryl methyl sites for hydroxylation is 1. The maximum atomic E-state index is 12.2. The number of ether oxygens (including phenoxy) is 1. The third-order valence-corrected chi connectivity index (χ3v) is 3.06. The Labute approximate surface area is 118 Å². The van der Waals surface area contributed by atoms with Crippen LogP contribution in [0.1, 0.15) is 52.4 Å². The smallest absolute Gasteiger partial charge is 0.339 e. The lowest BCUT2D eigenvalue weighted by atomic mass is 10.0. The van der Waals surface area contributed by atoms with Gasteiger partial charge >= 0.3 is 5.97 Å². The van der Waals surface area contributed by atoms with Crippen LogP contribution in [0.25, 0.3) is 0 Å². The fraction of sp³-hybridized carbons (Fsp3) is 0.571. The van der Waals surface area contributed by atoms with Crippen molar-refractivity contribution in [2.45, 2.75) is 39.7 Å². The van der Waals surface area contributed by atoms with E-state index in [0.29, 0.717) is 28.9 Å². The molecule has 1 unspecified atom stereocenters. The largest absolute Gasteiger partial charge is 0.465 e. The summed E-state index contributed by atoms with van der Waals surface area (Å²) in [5, 5.41) is 11.7. The van der Waals surface area contributed by atoms with Crippen LogP contribution in [-0.2, 0) is 11.2 Å². The van der Waals surface area contributed by atoms with Gasteiger partial charge < -0.3 is 20.1 Å². The zero-order valence-corrected chi connectivity index (χ0v) is 12.4. The van der Waals surface area contributed by atoms with Crippen LogP contribution in [0.3, 0.4) is 0 Å². The highest BCUT2D eigenvalue weighted by Crippen LogP contribution is 2.21. The highest BCUT2D eigenvalue weighted by atomic mass is 16.5. The van der Waals surface area contributed by atoms with Crippen molar-refractivity contribution >= 4 is 11.9 Å². The number of H-pyrrole nitrogens is 1. The summed E-state index contributed by atoms with van der Waals surface area (Å²) in [4.78, 5) is 27.0. The van der Waals surface area contributed by atoms with Gasteiger partial charge in [0.15, 0.2) is 0 Å². The number of methoxy groups -OCH3 is 1. The molecule has 0 aliphatic carbocycles. The van der Waals surface area contributed by atoms with Crippen molar-refractivity contribution in [3.8, 4) is 0 Å². The van der Waals surface area contributed by atoms with Gasteiger partial charge in [0.1, 0.15) is 5.69 Å². The van der Waals surface area contributed by atoms with Crippen LogP contribution < -0.4 is 5.32 Å². The number of carbonyl (C=O) groups is 2. The molecule has 0 saturated heterocycles. The van der Waals surface area contributed by atoms with Gasteiger partial charge in [0.25, 0.3) is 5.91 Å². The van der Waals surface area contributed by atoms with Gasteiger partial charge in [-0.05, 0) is 25.8 Å². The van der Waals surface area contributed by atoms with Crippen molar-refractivity contribution in [3.63, 3.8) is 0 Å². The lowest BCUT2D eigenvalue weighted by molar-refractivity contribution is 0.0599. The van der Waals surface area contributed by atoms with Gasteiger partial charge in [0.2, 0.25) is 0 Å². The minimum absolute atomic E-state index is 0.140. The summed E-state index contributed by atoms with van der Waals surface area (Å²) in [5.74, 6) is -0.773. The van der Waals surface area contributed by atoms with Gasteiger partial charge in [0, 0.05) is 11.7 Å². The molecule has 20 heavy (non-hydrogen) atoms. The van der Waals surface area contributed by atoms with Gasteiger partial charge in [-0.3, -0.25) is 4.79 Å². The average Bonchev–Trinajstić information content (AvgIpc) is 2.75. The summed E-state index contributed by atoms with van der Waals surface area (Å²) < 4.78 is 4.77. The molecule has 0 aliphatic heterocycles. The van der Waals surface area contributed by atoms with Crippen molar-refractivity contribution in [2.75, 3.05) is 13.7 Å². The second kappa shape index (κ2) is 7.09. The number of aliphatic hydroxyl groups excluding tert-OH is 1. The van der Waals surface area contributed by atoms with Crippen molar-refractivity contribution in [3.05, 3.63) is 22.5 Å². The first-order chi connectivity index (χ1) is 9.46. The molecule has 6 nitrogen and oxygen atoms in total. The summed E-state index contributed by atoms with van der Waals surface area (Å²) >= 11 is 0. The third-order valence-electron chi connectivity index (χ3n) is 3.06. The van der Waals surface area contributed by atoms with Gasteiger partial charge in [-0.1, -0.05) is 13.3 Å². The van der Waals surface area contributed by atoms with Crippen LogP contribution in [0.5, 0.6) is 0 Å². The summed E-state index contributed by atoms with van der Waals surface area (Å²) in [7, 11) is 1.32. The highest BCUT2D eigenvalue weighted by Gasteiger charge is 2.25. The lowest BCUT2D eigenvalue weighted by Gasteiger charge is -2.11. The van der Waals surface area contributed by atoms with E-state index in [1.807, 2.05) is 6.92 Å². The molecule has 1 aromatic heterocycles. The molecule has 0 saturated carbocycles. The Morgan fingerprint density at radius 1 is 1.45 bits per heavy atom. The van der Waals surface area contributed by atoms with E-state index in [1.54, 1.807) is 13.8 Å². The van der Waals surface area contributed by atoms with E-state index in [1.165, 1.54) is 7.11 Å². The Hall–Kier alpha value is -1.82. The van der Waals surface area contributed by atoms with Crippen LogP contribution >= 0.6 is 0 Å². The number of hydrogen-bond acceptors (Lipinski definition) is 4. The zero-order valence-electron chi connectivity index (χ0n) is 12.4. The molecule has 0 aliphatic rings. The van der Waals surface area contributed by atoms with E-state index in [9.17, 15) is 9.59 Å². The van der Waals surface area contributed by atoms with Gasteiger partial charge in [-0.2, -0.15) is 0 Å². The molecular formula is C14H22N2O4. The molecule has 0 aromatic carbocycles. The second-order valence-corrected chi connectivity index (χ2v) is 4.78. The number of carbonyl (C=O) groups excluding carboxylic acids is 2. The van der Waals surface area contributed by atoms with E-state index in [4.69, 9.17) is 9.84 Å². The summed E-state index contributed by atoms with van der Waals surface area (Å²) in [6.45, 7) is 5.27. The van der Waals surface area contributed by atoms with Gasteiger partial charge in [-0.25, -0.2) is 4.79 Å². The van der Waals surface area contributed by atoms with Crippen molar-refractivity contribution < 1.29 is 19.4 Å². The minimum atomic E-state index is -0.448. The maximum Gasteiger partial charge on any atom is 0.339 e. The molecule has 0 spiro atoms. The van der Waals surface area contributed by atoms with E-state index >= 15 is 0 Å². The molecular weight excluding hydrogens is 260 g/mol. The average molecular weight is 282 g/mol. The quantitative estimate of drug-likeness (QED) is 0.683. The predicted octanol–water partition coefficient (Wildman–Crippen LogP) is 1.17. The van der Waals surface area contributed by atoms with E-state index in [0.717, 1.165) is 6.42 Å². The molecule has 112 valence electrons. The Kier molecular flexibility index (Phi) is 5.76. The molecule has 1 heterocycles. The normalized spacial score (nSPS) is 12.1. The molecule has 0 bridgehead atoms. The molecule has 6 heteroatoms. The van der Waals surface area contributed by atoms with Crippen LogP contribution in [0.15, 0.2) is 0 Å². The van der Waals surface area contributed by atoms with Gasteiger partial charge in [0.05, 0.1) is 19.3 Å². The molecule has 1 aromatic rings. The number of amides is 1. The predicted molar refractivity (Wildman–Crippen MR) is 74.9 cm³/mol. The number of aliphatic hydroxyl groups is 1. The molecule has 1 atom stereocenters. The fourth-order valence-electron chi connectivity index (χ4n) is 2.09.